The van der Waals surface area contributed by atoms with Crippen molar-refractivity contribution in [2.75, 3.05) is 0 Å². The van der Waals surface area contributed by atoms with Gasteiger partial charge in [0.2, 0.25) is 11.6 Å². The van der Waals surface area contributed by atoms with Gasteiger partial charge in [-0.2, -0.15) is 0 Å². The number of fused-ring (bicyclic) bond motifs is 2. The van der Waals surface area contributed by atoms with Gasteiger partial charge in [-0.15, -0.1) is 0 Å². The average molecular weight is 268 g/mol. The van der Waals surface area contributed by atoms with E-state index in [4.69, 9.17) is 0 Å². The molecule has 1 saturated carbocycles. The molecule has 1 aromatic rings. The average Bonchev–Trinajstić information content (AvgIpc) is 2.42. The maximum absolute atomic E-state index is 12.5. The van der Waals surface area contributed by atoms with Gasteiger partial charge in [0.15, 0.2) is 0 Å². The van der Waals surface area contributed by atoms with Gasteiger partial charge in [-0.05, 0) is 35.0 Å². The lowest BCUT2D eigenvalue weighted by Crippen LogP contribution is -2.55. The predicted octanol–water partition coefficient (Wildman–Crippen LogP) is 3.45. The second-order valence-electron chi connectivity index (χ2n) is 7.06. The van der Waals surface area contributed by atoms with Crippen LogP contribution in [0.3, 0.4) is 0 Å². The Morgan fingerprint density at radius 3 is 2.40 bits per heavy atom. The number of hydrogen-bond donors (Lipinski definition) is 0. The zero-order chi connectivity index (χ0) is 14.7. The Hall–Kier alpha value is -1.70. The van der Waals surface area contributed by atoms with Crippen molar-refractivity contribution in [3.05, 3.63) is 41.0 Å². The second kappa shape index (κ2) is 3.91. The molecule has 2 aliphatic carbocycles. The summed E-state index contributed by atoms with van der Waals surface area (Å²) in [6.07, 6.45) is 2.78. The molecule has 1 atom stereocenters. The van der Waals surface area contributed by atoms with Crippen LogP contribution in [0.5, 0.6) is 0 Å². The number of Topliss-reactive ketones (excluding diaryl/α,β-unsaturated/α-hetero) is 2. The zero-order valence-electron chi connectivity index (χ0n) is 12.5. The Morgan fingerprint density at radius 2 is 1.70 bits per heavy atom. The van der Waals surface area contributed by atoms with Crippen molar-refractivity contribution < 1.29 is 9.59 Å². The summed E-state index contributed by atoms with van der Waals surface area (Å²) in [7, 11) is 0. The van der Waals surface area contributed by atoms with Gasteiger partial charge in [-0.3, -0.25) is 9.59 Å². The summed E-state index contributed by atoms with van der Waals surface area (Å²) in [5.74, 6) is -0.407. The van der Waals surface area contributed by atoms with E-state index >= 15 is 0 Å². The summed E-state index contributed by atoms with van der Waals surface area (Å²) >= 11 is 0. The summed E-state index contributed by atoms with van der Waals surface area (Å²) in [5.41, 5.74) is 2.22. The van der Waals surface area contributed by atoms with Gasteiger partial charge in [0.05, 0.1) is 0 Å². The predicted molar refractivity (Wildman–Crippen MR) is 79.2 cm³/mol. The maximum atomic E-state index is 12.5. The van der Waals surface area contributed by atoms with Gasteiger partial charge >= 0.3 is 0 Å². The molecule has 104 valence electrons. The van der Waals surface area contributed by atoms with Gasteiger partial charge < -0.3 is 0 Å². The minimum absolute atomic E-state index is 0.123. The van der Waals surface area contributed by atoms with Crippen LogP contribution >= 0.6 is 0 Å². The molecule has 3 rings (SSSR count). The fourth-order valence-electron chi connectivity index (χ4n) is 3.47. The van der Waals surface area contributed by atoms with E-state index in [2.05, 4.69) is 19.9 Å². The van der Waals surface area contributed by atoms with Crippen LogP contribution in [-0.4, -0.2) is 11.6 Å². The molecule has 0 aliphatic heterocycles. The van der Waals surface area contributed by atoms with Crippen molar-refractivity contribution in [2.45, 2.75) is 34.1 Å². The number of carbonyl (C=O) groups is 2. The Morgan fingerprint density at radius 1 is 1.05 bits per heavy atom. The second-order valence-corrected chi connectivity index (χ2v) is 7.06. The third-order valence-corrected chi connectivity index (χ3v) is 5.68. The third-order valence-electron chi connectivity index (χ3n) is 5.68. The molecule has 20 heavy (non-hydrogen) atoms. The van der Waals surface area contributed by atoms with Gasteiger partial charge in [-0.1, -0.05) is 52.0 Å². The highest BCUT2D eigenvalue weighted by molar-refractivity contribution is 6.47. The minimum Gasteiger partial charge on any atom is -0.290 e. The monoisotopic (exact) mass is 268 g/mol. The Bertz CT molecular complexity index is 647. The first kappa shape index (κ1) is 13.3. The van der Waals surface area contributed by atoms with E-state index in [-0.39, 0.29) is 22.9 Å². The molecular formula is C18H20O2. The lowest BCUT2D eigenvalue weighted by molar-refractivity contribution is -0.149. The molecule has 0 saturated heterocycles. The quantitative estimate of drug-likeness (QED) is 0.675. The summed E-state index contributed by atoms with van der Waals surface area (Å²) < 4.78 is 0. The molecule has 0 N–H and O–H groups in total. The highest BCUT2D eigenvalue weighted by Crippen LogP contribution is 2.54. The van der Waals surface area contributed by atoms with Crippen LogP contribution in [0.2, 0.25) is 0 Å². The molecule has 0 amide bonds. The topological polar surface area (TPSA) is 34.1 Å². The number of rotatable bonds is 0. The smallest absolute Gasteiger partial charge is 0.225 e. The van der Waals surface area contributed by atoms with Crippen molar-refractivity contribution in [3.8, 4) is 0 Å². The third kappa shape index (κ3) is 1.51. The molecular weight excluding hydrogens is 248 g/mol. The van der Waals surface area contributed by atoms with Crippen molar-refractivity contribution in [3.63, 3.8) is 0 Å². The fourth-order valence-corrected chi connectivity index (χ4v) is 3.47. The molecule has 1 aromatic carbocycles. The number of benzene rings is 1. The van der Waals surface area contributed by atoms with Crippen molar-refractivity contribution >= 4 is 17.6 Å². The highest BCUT2D eigenvalue weighted by atomic mass is 16.2. The van der Waals surface area contributed by atoms with Crippen LogP contribution in [0, 0.1) is 16.7 Å². The van der Waals surface area contributed by atoms with Gasteiger partial charge in [-0.25, -0.2) is 0 Å². The summed E-state index contributed by atoms with van der Waals surface area (Å²) in [6, 6.07) is 8.14. The largest absolute Gasteiger partial charge is 0.290 e. The highest BCUT2D eigenvalue weighted by Gasteiger charge is 2.57. The molecule has 0 aromatic heterocycles. The summed E-state index contributed by atoms with van der Waals surface area (Å²) in [4.78, 5) is 24.9. The standard InChI is InChI=1S/C18H20O2/c1-17(2)14-10-12-8-6-5-7-11(12)9-13(14)15(19)16(20)18(17,3)4/h5-9,14H,10H2,1-4H3. The first-order chi connectivity index (χ1) is 9.26. The first-order valence-corrected chi connectivity index (χ1v) is 7.15. The van der Waals surface area contributed by atoms with Crippen LogP contribution < -0.4 is 0 Å². The van der Waals surface area contributed by atoms with Crippen molar-refractivity contribution in [2.24, 2.45) is 16.7 Å². The minimum atomic E-state index is -0.613. The number of hydrogen-bond acceptors (Lipinski definition) is 2. The van der Waals surface area contributed by atoms with Crippen LogP contribution in [0.4, 0.5) is 0 Å². The molecule has 0 spiro atoms. The number of carbonyl (C=O) groups excluding carboxylic acids is 2. The Kier molecular flexibility index (Phi) is 2.60. The van der Waals surface area contributed by atoms with Gasteiger partial charge in [0.25, 0.3) is 0 Å². The van der Waals surface area contributed by atoms with E-state index in [0.29, 0.717) is 5.57 Å². The maximum Gasteiger partial charge on any atom is 0.225 e. The molecule has 2 heteroatoms. The molecule has 0 heterocycles. The van der Waals surface area contributed by atoms with Crippen LogP contribution in [-0.2, 0) is 16.0 Å². The number of ketones is 2. The van der Waals surface area contributed by atoms with Gasteiger partial charge in [0.1, 0.15) is 0 Å². The summed E-state index contributed by atoms with van der Waals surface area (Å²) in [6.45, 7) is 8.04. The first-order valence-electron chi connectivity index (χ1n) is 7.15. The molecule has 0 radical (unpaired) electrons. The van der Waals surface area contributed by atoms with Crippen LogP contribution in [0.15, 0.2) is 29.8 Å². The SMILES string of the molecule is CC1(C)C(=O)C(=O)C2=Cc3ccccc3CC2C1(C)C. The molecule has 2 aliphatic rings. The fraction of sp³-hybridized carbons (Fsp3) is 0.444. The normalized spacial score (nSPS) is 26.6. The van der Waals surface area contributed by atoms with Crippen molar-refractivity contribution in [1.29, 1.82) is 0 Å². The van der Waals surface area contributed by atoms with E-state index in [1.54, 1.807) is 0 Å². The molecule has 2 nitrogen and oxygen atoms in total. The van der Waals surface area contributed by atoms with Crippen LogP contribution in [0.25, 0.3) is 6.08 Å². The van der Waals surface area contributed by atoms with E-state index in [1.807, 2.05) is 38.1 Å². The molecule has 1 fully saturated rings. The molecule has 0 bridgehead atoms. The Labute approximate surface area is 119 Å². The van der Waals surface area contributed by atoms with Gasteiger partial charge in [0, 0.05) is 11.0 Å². The lowest BCUT2D eigenvalue weighted by atomic mass is 9.50. The van der Waals surface area contributed by atoms with E-state index in [9.17, 15) is 9.59 Å². The Balaban J connectivity index is 2.21. The summed E-state index contributed by atoms with van der Waals surface area (Å²) in [5, 5.41) is 0. The van der Waals surface area contributed by atoms with E-state index < -0.39 is 5.41 Å². The van der Waals surface area contributed by atoms with E-state index in [1.165, 1.54) is 5.56 Å². The number of allylic oxidation sites excluding steroid dienone is 1. The zero-order valence-corrected chi connectivity index (χ0v) is 12.5. The lowest BCUT2D eigenvalue weighted by Gasteiger charge is -2.51. The molecule has 1 unspecified atom stereocenters. The van der Waals surface area contributed by atoms with Crippen LogP contribution in [0.1, 0.15) is 38.8 Å². The van der Waals surface area contributed by atoms with E-state index in [0.717, 1.165) is 12.0 Å². The van der Waals surface area contributed by atoms with Crippen molar-refractivity contribution in [1.82, 2.24) is 0 Å².